The van der Waals surface area contributed by atoms with E-state index in [9.17, 15) is 13.2 Å². The van der Waals surface area contributed by atoms with Crippen LogP contribution >= 0.6 is 15.9 Å². The van der Waals surface area contributed by atoms with Crippen molar-refractivity contribution in [2.24, 2.45) is 17.3 Å². The van der Waals surface area contributed by atoms with Crippen molar-refractivity contribution < 1.29 is 17.9 Å². The van der Waals surface area contributed by atoms with Crippen LogP contribution in [0.3, 0.4) is 0 Å². The number of alkyl halides is 1. The first kappa shape index (κ1) is 20.9. The Balaban J connectivity index is 1.24. The van der Waals surface area contributed by atoms with Crippen LogP contribution < -0.4 is 5.32 Å². The molecule has 1 aliphatic heterocycles. The van der Waals surface area contributed by atoms with Gasteiger partial charge in [0, 0.05) is 29.5 Å². The number of ether oxygens (including phenoxy) is 1. The van der Waals surface area contributed by atoms with Gasteiger partial charge in [-0.15, -0.1) is 0 Å². The van der Waals surface area contributed by atoms with E-state index in [0.29, 0.717) is 38.4 Å². The van der Waals surface area contributed by atoms with Crippen molar-refractivity contribution in [3.63, 3.8) is 0 Å². The quantitative estimate of drug-likeness (QED) is 0.629. The Morgan fingerprint density at radius 2 is 1.73 bits per heavy atom. The van der Waals surface area contributed by atoms with Crippen LogP contribution in [0, 0.1) is 17.3 Å². The van der Waals surface area contributed by atoms with Crippen LogP contribution in [-0.4, -0.2) is 49.3 Å². The minimum absolute atomic E-state index is 0.0387. The van der Waals surface area contributed by atoms with Crippen LogP contribution in [0.4, 0.5) is 5.69 Å². The summed E-state index contributed by atoms with van der Waals surface area (Å²) in [7, 11) is -3.51. The monoisotopic (exact) mass is 496 g/mol. The Bertz CT molecular complexity index is 913. The summed E-state index contributed by atoms with van der Waals surface area (Å²) in [4.78, 5) is 13.1. The molecule has 0 radical (unpaired) electrons. The molecular weight excluding hydrogens is 468 g/mol. The van der Waals surface area contributed by atoms with E-state index < -0.39 is 10.0 Å². The molecule has 1 aromatic carbocycles. The van der Waals surface area contributed by atoms with E-state index in [1.165, 1.54) is 36.4 Å². The topological polar surface area (TPSA) is 75.7 Å². The molecule has 1 N–H and O–H groups in total. The number of anilines is 1. The number of amides is 1. The van der Waals surface area contributed by atoms with Gasteiger partial charge in [-0.3, -0.25) is 4.79 Å². The zero-order valence-corrected chi connectivity index (χ0v) is 19.5. The maximum Gasteiger partial charge on any atom is 0.243 e. The van der Waals surface area contributed by atoms with Gasteiger partial charge in [-0.1, -0.05) is 15.9 Å². The standard InChI is InChI=1S/C22H29BrN2O4S/c23-22-12-16-9-17(13-22)11-21(10-16,15-22)14-20(26)24-18-1-3-19(4-2-18)30(27,28)25-5-7-29-8-6-25/h1-4,16-17H,5-15H2,(H,24,26). The molecule has 164 valence electrons. The molecule has 6 nitrogen and oxygen atoms in total. The number of benzene rings is 1. The van der Waals surface area contributed by atoms with Gasteiger partial charge < -0.3 is 10.1 Å². The molecule has 30 heavy (non-hydrogen) atoms. The molecule has 5 fully saturated rings. The van der Waals surface area contributed by atoms with Gasteiger partial charge in [-0.05, 0) is 80.0 Å². The van der Waals surface area contributed by atoms with E-state index >= 15 is 0 Å². The maximum atomic E-state index is 12.9. The van der Waals surface area contributed by atoms with Crippen molar-refractivity contribution in [3.8, 4) is 0 Å². The SMILES string of the molecule is O=C(CC12CC3CC(CC(Br)(C3)C1)C2)Nc1ccc(S(=O)(=O)N2CCOCC2)cc1. The van der Waals surface area contributed by atoms with Crippen LogP contribution in [0.5, 0.6) is 0 Å². The number of hydrogen-bond donors (Lipinski definition) is 1. The van der Waals surface area contributed by atoms with Crippen LogP contribution in [0.25, 0.3) is 0 Å². The van der Waals surface area contributed by atoms with Gasteiger partial charge in [0.2, 0.25) is 15.9 Å². The van der Waals surface area contributed by atoms with Gasteiger partial charge in [0.1, 0.15) is 0 Å². The summed E-state index contributed by atoms with van der Waals surface area (Å²) in [6.07, 6.45) is 7.83. The number of morpholine rings is 1. The van der Waals surface area contributed by atoms with Crippen LogP contribution in [0.15, 0.2) is 29.2 Å². The zero-order chi connectivity index (χ0) is 21.0. The van der Waals surface area contributed by atoms with Crippen LogP contribution in [-0.2, 0) is 19.6 Å². The van der Waals surface area contributed by atoms with Gasteiger partial charge in [0.25, 0.3) is 0 Å². The Kier molecular flexibility index (Phi) is 5.28. The summed E-state index contributed by atoms with van der Waals surface area (Å²) in [5.41, 5.74) is 0.774. The zero-order valence-electron chi connectivity index (χ0n) is 17.1. The summed E-state index contributed by atoms with van der Waals surface area (Å²) in [6, 6.07) is 6.55. The van der Waals surface area contributed by atoms with Gasteiger partial charge in [-0.25, -0.2) is 8.42 Å². The lowest BCUT2D eigenvalue weighted by atomic mass is 9.48. The lowest BCUT2D eigenvalue weighted by Crippen LogP contribution is -2.53. The molecule has 5 aliphatic rings. The maximum absolute atomic E-state index is 12.9. The fourth-order valence-electron chi connectivity index (χ4n) is 6.73. The second-order valence-electron chi connectivity index (χ2n) is 9.88. The predicted molar refractivity (Wildman–Crippen MR) is 118 cm³/mol. The average molecular weight is 497 g/mol. The number of rotatable bonds is 5. The van der Waals surface area contributed by atoms with Crippen molar-refractivity contribution in [1.82, 2.24) is 4.31 Å². The van der Waals surface area contributed by atoms with Gasteiger partial charge >= 0.3 is 0 Å². The normalized spacial score (nSPS) is 36.0. The lowest BCUT2D eigenvalue weighted by Gasteiger charge is -2.60. The minimum Gasteiger partial charge on any atom is -0.379 e. The van der Waals surface area contributed by atoms with E-state index in [0.717, 1.165) is 18.3 Å². The first-order valence-electron chi connectivity index (χ1n) is 10.9. The number of sulfonamides is 1. The number of carbonyl (C=O) groups is 1. The lowest BCUT2D eigenvalue weighted by molar-refractivity contribution is -0.123. The van der Waals surface area contributed by atoms with E-state index in [1.54, 1.807) is 24.3 Å². The highest BCUT2D eigenvalue weighted by Gasteiger charge is 2.57. The number of hydrogen-bond acceptors (Lipinski definition) is 4. The first-order chi connectivity index (χ1) is 14.3. The number of nitrogens with zero attached hydrogens (tertiary/aromatic N) is 1. The Labute approximate surface area is 186 Å². The second kappa shape index (κ2) is 7.57. The summed E-state index contributed by atoms with van der Waals surface area (Å²) in [5, 5.41) is 3.00. The Morgan fingerprint density at radius 3 is 2.33 bits per heavy atom. The number of carbonyl (C=O) groups excluding carboxylic acids is 1. The van der Waals surface area contributed by atoms with Crippen molar-refractivity contribution in [3.05, 3.63) is 24.3 Å². The number of nitrogens with one attached hydrogen (secondary N) is 1. The molecule has 1 heterocycles. The third-order valence-electron chi connectivity index (χ3n) is 7.39. The molecule has 2 unspecified atom stereocenters. The Hall–Kier alpha value is -0.960. The van der Waals surface area contributed by atoms with Crippen molar-refractivity contribution in [1.29, 1.82) is 0 Å². The second-order valence-corrected chi connectivity index (χ2v) is 13.5. The van der Waals surface area contributed by atoms with Gasteiger partial charge in [0.05, 0.1) is 18.1 Å². The van der Waals surface area contributed by atoms with Crippen molar-refractivity contribution >= 4 is 37.5 Å². The first-order valence-corrected chi connectivity index (χ1v) is 13.2. The highest BCUT2D eigenvalue weighted by Crippen LogP contribution is 2.65. The summed E-state index contributed by atoms with van der Waals surface area (Å²) >= 11 is 4.01. The molecule has 4 aliphatic carbocycles. The highest BCUT2D eigenvalue weighted by atomic mass is 79.9. The number of halogens is 1. The smallest absolute Gasteiger partial charge is 0.243 e. The third kappa shape index (κ3) is 3.96. The summed E-state index contributed by atoms with van der Waals surface area (Å²) < 4.78 is 32.4. The van der Waals surface area contributed by atoms with Crippen molar-refractivity contribution in [2.45, 2.75) is 54.2 Å². The molecule has 0 spiro atoms. The van der Waals surface area contributed by atoms with E-state index in [-0.39, 0.29) is 20.5 Å². The molecule has 8 heteroatoms. The fourth-order valence-corrected chi connectivity index (χ4v) is 9.65. The third-order valence-corrected chi connectivity index (χ3v) is 10.2. The van der Waals surface area contributed by atoms with E-state index in [1.807, 2.05) is 0 Å². The van der Waals surface area contributed by atoms with Crippen molar-refractivity contribution in [2.75, 3.05) is 31.6 Å². The molecule has 4 saturated carbocycles. The fraction of sp³-hybridized carbons (Fsp3) is 0.682. The van der Waals surface area contributed by atoms with Gasteiger partial charge in [-0.2, -0.15) is 4.31 Å². The van der Waals surface area contributed by atoms with E-state index in [2.05, 4.69) is 21.2 Å². The van der Waals surface area contributed by atoms with Gasteiger partial charge in [0.15, 0.2) is 0 Å². The summed E-state index contributed by atoms with van der Waals surface area (Å²) in [6.45, 7) is 1.60. The molecular formula is C22H29BrN2O4S. The van der Waals surface area contributed by atoms with E-state index in [4.69, 9.17) is 4.74 Å². The molecule has 4 bridgehead atoms. The predicted octanol–water partition coefficient (Wildman–Crippen LogP) is 3.77. The average Bonchev–Trinajstić information content (AvgIpc) is 2.66. The van der Waals surface area contributed by atoms with Crippen LogP contribution in [0.2, 0.25) is 0 Å². The highest BCUT2D eigenvalue weighted by molar-refractivity contribution is 9.10. The largest absolute Gasteiger partial charge is 0.379 e. The molecule has 1 amide bonds. The summed E-state index contributed by atoms with van der Waals surface area (Å²) in [5.74, 6) is 1.54. The molecule has 0 aromatic heterocycles. The van der Waals surface area contributed by atoms with Crippen LogP contribution in [0.1, 0.15) is 44.9 Å². The minimum atomic E-state index is -3.51. The molecule has 2 atom stereocenters. The molecule has 1 aromatic rings. The molecule has 1 saturated heterocycles. The molecule has 6 rings (SSSR count). The Morgan fingerprint density at radius 1 is 1.10 bits per heavy atom.